The number of aromatic nitrogens is 2. The molecule has 0 bridgehead atoms. The molecule has 0 saturated heterocycles. The van der Waals surface area contributed by atoms with E-state index in [9.17, 15) is 12.8 Å². The maximum Gasteiger partial charge on any atom is 0.209 e. The van der Waals surface area contributed by atoms with Crippen LogP contribution in [0, 0.1) is 5.82 Å². The molecule has 2 heterocycles. The number of para-hydroxylation sites is 1. The van der Waals surface area contributed by atoms with Crippen LogP contribution < -0.4 is 0 Å². The summed E-state index contributed by atoms with van der Waals surface area (Å²) < 4.78 is 39.9. The maximum atomic E-state index is 13.6. The molecule has 0 aliphatic heterocycles. The first-order valence-corrected chi connectivity index (χ1v) is 11.9. The lowest BCUT2D eigenvalue weighted by Gasteiger charge is -2.17. The number of nitrogens with zero attached hydrogens (tertiary/aromatic N) is 2. The molecule has 4 nitrogen and oxygen atoms in total. The number of rotatable bonds is 5. The van der Waals surface area contributed by atoms with Gasteiger partial charge in [-0.1, -0.05) is 30.3 Å². The Morgan fingerprint density at radius 2 is 1.83 bits per heavy atom. The van der Waals surface area contributed by atoms with Crippen LogP contribution >= 0.6 is 11.3 Å². The third-order valence-corrected chi connectivity index (χ3v) is 8.05. The third kappa shape index (κ3) is 3.45. The van der Waals surface area contributed by atoms with Crippen molar-refractivity contribution in [2.75, 3.05) is 0 Å². The Morgan fingerprint density at radius 3 is 2.52 bits per heavy atom. The van der Waals surface area contributed by atoms with E-state index in [-0.39, 0.29) is 21.8 Å². The molecule has 1 saturated carbocycles. The van der Waals surface area contributed by atoms with E-state index in [4.69, 9.17) is 4.98 Å². The molecule has 0 unspecified atom stereocenters. The molecular weight excluding hydrogens is 407 g/mol. The zero-order valence-corrected chi connectivity index (χ0v) is 17.0. The monoisotopic (exact) mass is 424 g/mol. The van der Waals surface area contributed by atoms with E-state index < -0.39 is 9.84 Å². The van der Waals surface area contributed by atoms with Crippen molar-refractivity contribution in [1.29, 1.82) is 0 Å². The van der Waals surface area contributed by atoms with Crippen LogP contribution in [0.3, 0.4) is 0 Å². The van der Waals surface area contributed by atoms with E-state index in [2.05, 4.69) is 4.98 Å². The van der Waals surface area contributed by atoms with Gasteiger partial charge in [0.05, 0.1) is 11.3 Å². The number of fused-ring (bicyclic) bond motifs is 1. The van der Waals surface area contributed by atoms with Crippen molar-refractivity contribution in [2.24, 2.45) is 0 Å². The fraction of sp³-hybridized carbons (Fsp3) is 0.182. The fourth-order valence-corrected chi connectivity index (χ4v) is 5.98. The second-order valence-corrected chi connectivity index (χ2v) is 10.3. The summed E-state index contributed by atoms with van der Waals surface area (Å²) in [5, 5.41) is 2.53. The first kappa shape index (κ1) is 18.4. The predicted molar refractivity (Wildman–Crippen MR) is 112 cm³/mol. The van der Waals surface area contributed by atoms with Crippen LogP contribution in [-0.2, 0) is 15.6 Å². The van der Waals surface area contributed by atoms with E-state index in [0.717, 1.165) is 51.9 Å². The van der Waals surface area contributed by atoms with Crippen LogP contribution in [0.5, 0.6) is 0 Å². The molecule has 1 fully saturated rings. The molecule has 1 aliphatic carbocycles. The summed E-state index contributed by atoms with van der Waals surface area (Å²) in [6, 6.07) is 13.9. The first-order chi connectivity index (χ1) is 14.0. The summed E-state index contributed by atoms with van der Waals surface area (Å²) in [7, 11) is -3.61. The number of hydrogen-bond acceptors (Lipinski definition) is 5. The minimum atomic E-state index is -3.61. The van der Waals surface area contributed by atoms with Crippen molar-refractivity contribution in [2.45, 2.75) is 28.9 Å². The molecule has 0 radical (unpaired) electrons. The largest absolute Gasteiger partial charge is 0.252 e. The van der Waals surface area contributed by atoms with Crippen molar-refractivity contribution < 1.29 is 12.8 Å². The van der Waals surface area contributed by atoms with Crippen LogP contribution in [0.15, 0.2) is 64.4 Å². The van der Waals surface area contributed by atoms with Gasteiger partial charge in [-0.3, -0.25) is 4.98 Å². The predicted octanol–water partition coefficient (Wildman–Crippen LogP) is 5.35. The van der Waals surface area contributed by atoms with E-state index in [1.54, 1.807) is 17.5 Å². The van der Waals surface area contributed by atoms with E-state index in [1.807, 2.05) is 24.3 Å². The summed E-state index contributed by atoms with van der Waals surface area (Å²) in [5.74, 6) is -0.233. The number of benzene rings is 2. The number of sulfone groups is 1. The van der Waals surface area contributed by atoms with Gasteiger partial charge in [0.25, 0.3) is 0 Å². The van der Waals surface area contributed by atoms with Crippen LogP contribution in [0.4, 0.5) is 4.39 Å². The Morgan fingerprint density at radius 1 is 1.07 bits per heavy atom. The van der Waals surface area contributed by atoms with Gasteiger partial charge in [0.2, 0.25) is 14.2 Å². The molecule has 7 heteroatoms. The Hall–Kier alpha value is -2.64. The van der Waals surface area contributed by atoms with Gasteiger partial charge in [-0.15, -0.1) is 11.3 Å². The minimum Gasteiger partial charge on any atom is -0.252 e. The average Bonchev–Trinajstić information content (AvgIpc) is 3.40. The highest BCUT2D eigenvalue weighted by molar-refractivity contribution is 7.92. The van der Waals surface area contributed by atoms with E-state index in [0.29, 0.717) is 5.56 Å². The summed E-state index contributed by atoms with van der Waals surface area (Å²) in [6.45, 7) is 0. The minimum absolute atomic E-state index is 0.109. The molecule has 4 aromatic rings. The van der Waals surface area contributed by atoms with Crippen molar-refractivity contribution in [3.05, 3.63) is 77.2 Å². The smallest absolute Gasteiger partial charge is 0.209 e. The zero-order valence-electron chi connectivity index (χ0n) is 15.4. The molecule has 0 atom stereocenters. The van der Waals surface area contributed by atoms with Crippen molar-refractivity contribution in [1.82, 2.24) is 9.97 Å². The lowest BCUT2D eigenvalue weighted by molar-refractivity contribution is 0.594. The average molecular weight is 425 g/mol. The standard InChI is InChI=1S/C22H17FN2O2S2/c23-16-9-7-14(8-10-16)20-17-3-1-2-4-19(17)25-21(15-5-6-15)18(20)13-29(26,27)22-24-11-12-28-22/h1-4,7-12,15H,5-6,13H2. The van der Waals surface area contributed by atoms with Crippen LogP contribution in [0.25, 0.3) is 22.0 Å². The number of hydrogen-bond donors (Lipinski definition) is 0. The molecule has 0 N–H and O–H groups in total. The number of pyridine rings is 1. The second-order valence-electron chi connectivity index (χ2n) is 7.21. The lowest BCUT2D eigenvalue weighted by Crippen LogP contribution is -2.10. The molecule has 0 amide bonds. The molecule has 2 aromatic carbocycles. The Kier molecular flexibility index (Phi) is 4.44. The quantitative estimate of drug-likeness (QED) is 0.433. The molecule has 146 valence electrons. The SMILES string of the molecule is O=S(=O)(Cc1c(C2CC2)nc2ccccc2c1-c1ccc(F)cc1)c1nccs1. The summed E-state index contributed by atoms with van der Waals surface area (Å²) in [6.07, 6.45) is 3.50. The molecule has 0 spiro atoms. The summed E-state index contributed by atoms with van der Waals surface area (Å²) in [5.41, 5.74) is 3.97. The topological polar surface area (TPSA) is 59.9 Å². The zero-order chi connectivity index (χ0) is 20.0. The summed E-state index contributed by atoms with van der Waals surface area (Å²) >= 11 is 1.12. The van der Waals surface area contributed by atoms with Crippen LogP contribution in [-0.4, -0.2) is 18.4 Å². The molecular formula is C22H17FN2O2S2. The number of halogens is 1. The van der Waals surface area contributed by atoms with Gasteiger partial charge in [-0.2, -0.15) is 0 Å². The van der Waals surface area contributed by atoms with Gasteiger partial charge in [-0.05, 0) is 47.7 Å². The van der Waals surface area contributed by atoms with Gasteiger partial charge in [0.1, 0.15) is 5.82 Å². The lowest BCUT2D eigenvalue weighted by atomic mass is 9.93. The van der Waals surface area contributed by atoms with Gasteiger partial charge in [0, 0.05) is 28.6 Å². The second kappa shape index (κ2) is 7.00. The van der Waals surface area contributed by atoms with Crippen LogP contribution in [0.2, 0.25) is 0 Å². The molecule has 29 heavy (non-hydrogen) atoms. The van der Waals surface area contributed by atoms with Crippen molar-refractivity contribution >= 4 is 32.1 Å². The Bertz CT molecular complexity index is 1300. The normalized spacial score (nSPS) is 14.4. The van der Waals surface area contributed by atoms with Gasteiger partial charge >= 0.3 is 0 Å². The summed E-state index contributed by atoms with van der Waals surface area (Å²) in [4.78, 5) is 8.86. The molecule has 5 rings (SSSR count). The van der Waals surface area contributed by atoms with Gasteiger partial charge < -0.3 is 0 Å². The maximum absolute atomic E-state index is 13.6. The Labute approximate surface area is 172 Å². The highest BCUT2D eigenvalue weighted by atomic mass is 32.2. The van der Waals surface area contributed by atoms with Crippen molar-refractivity contribution in [3.8, 4) is 11.1 Å². The first-order valence-electron chi connectivity index (χ1n) is 9.32. The highest BCUT2D eigenvalue weighted by Crippen LogP contribution is 2.45. The number of thiazole rings is 1. The van der Waals surface area contributed by atoms with Crippen molar-refractivity contribution in [3.63, 3.8) is 0 Å². The third-order valence-electron chi connectivity index (χ3n) is 5.13. The van der Waals surface area contributed by atoms with E-state index >= 15 is 0 Å². The molecule has 1 aliphatic rings. The fourth-order valence-electron chi connectivity index (χ4n) is 3.67. The Balaban J connectivity index is 1.79. The highest BCUT2D eigenvalue weighted by Gasteiger charge is 2.33. The van der Waals surface area contributed by atoms with Gasteiger partial charge in [0.15, 0.2) is 0 Å². The van der Waals surface area contributed by atoms with Gasteiger partial charge in [-0.25, -0.2) is 17.8 Å². The van der Waals surface area contributed by atoms with E-state index in [1.165, 1.54) is 18.3 Å². The molecule has 2 aromatic heterocycles. The van der Waals surface area contributed by atoms with Crippen LogP contribution in [0.1, 0.15) is 30.0 Å².